The highest BCUT2D eigenvalue weighted by molar-refractivity contribution is 7.77. The summed E-state index contributed by atoms with van der Waals surface area (Å²) in [5.41, 5.74) is 1.39. The molecule has 2 heterocycles. The second-order valence-corrected chi connectivity index (χ2v) is 11.2. The SMILES string of the molecule is CC(C)N1CC[P](O)(c2cc(Cc3n[nH]c(=O)c4ccccc34)ccc2F)CC1. The van der Waals surface area contributed by atoms with E-state index in [9.17, 15) is 14.1 Å². The molecule has 153 valence electrons. The second-order valence-electron chi connectivity index (χ2n) is 8.01. The minimum atomic E-state index is -2.51. The average molecular weight is 414 g/mol. The van der Waals surface area contributed by atoms with Crippen molar-refractivity contribution < 1.29 is 9.28 Å². The molecule has 0 aliphatic carbocycles. The Balaban J connectivity index is 1.65. The highest BCUT2D eigenvalue weighted by Crippen LogP contribution is 2.55. The highest BCUT2D eigenvalue weighted by atomic mass is 31.2. The molecule has 1 aliphatic rings. The third-order valence-electron chi connectivity index (χ3n) is 5.85. The van der Waals surface area contributed by atoms with Gasteiger partial charge in [0.05, 0.1) is 11.1 Å². The summed E-state index contributed by atoms with van der Waals surface area (Å²) in [7, 11) is -2.51. The first kappa shape index (κ1) is 20.1. The molecule has 3 aromatic rings. The number of benzene rings is 2. The maximum absolute atomic E-state index is 14.7. The van der Waals surface area contributed by atoms with Crippen molar-refractivity contribution in [2.24, 2.45) is 0 Å². The van der Waals surface area contributed by atoms with Crippen LogP contribution in [0, 0.1) is 5.82 Å². The molecular weight excluding hydrogens is 388 g/mol. The maximum atomic E-state index is 14.7. The lowest BCUT2D eigenvalue weighted by Crippen LogP contribution is -2.43. The molecule has 1 fully saturated rings. The van der Waals surface area contributed by atoms with Crippen LogP contribution in [0.4, 0.5) is 4.39 Å². The van der Waals surface area contributed by atoms with E-state index in [2.05, 4.69) is 28.9 Å². The van der Waals surface area contributed by atoms with Crippen molar-refractivity contribution in [3.8, 4) is 0 Å². The van der Waals surface area contributed by atoms with E-state index in [1.807, 2.05) is 18.2 Å². The Morgan fingerprint density at radius 2 is 1.86 bits per heavy atom. The Bertz CT molecular complexity index is 1090. The van der Waals surface area contributed by atoms with Gasteiger partial charge in [-0.3, -0.25) is 4.79 Å². The zero-order chi connectivity index (χ0) is 20.6. The van der Waals surface area contributed by atoms with Crippen molar-refractivity contribution in [1.29, 1.82) is 0 Å². The fourth-order valence-electron chi connectivity index (χ4n) is 4.06. The topological polar surface area (TPSA) is 69.2 Å². The number of aromatic amines is 1. The van der Waals surface area contributed by atoms with Crippen molar-refractivity contribution in [3.63, 3.8) is 0 Å². The van der Waals surface area contributed by atoms with Gasteiger partial charge in [0, 0.05) is 56.1 Å². The first-order chi connectivity index (χ1) is 13.9. The number of H-pyrrole nitrogens is 1. The molecule has 0 atom stereocenters. The van der Waals surface area contributed by atoms with Crippen LogP contribution in [0.15, 0.2) is 47.3 Å². The normalized spacial score (nSPS) is 17.1. The number of fused-ring (bicyclic) bond motifs is 1. The van der Waals surface area contributed by atoms with E-state index in [1.54, 1.807) is 18.2 Å². The third kappa shape index (κ3) is 3.97. The molecule has 1 aliphatic heterocycles. The molecule has 7 heteroatoms. The number of nitrogens with zero attached hydrogens (tertiary/aromatic N) is 2. The summed E-state index contributed by atoms with van der Waals surface area (Å²) in [5.74, 6) is -0.332. The monoisotopic (exact) mass is 414 g/mol. The smallest absolute Gasteiger partial charge is 0.272 e. The zero-order valence-electron chi connectivity index (χ0n) is 16.7. The summed E-state index contributed by atoms with van der Waals surface area (Å²) in [6, 6.07) is 12.8. The van der Waals surface area contributed by atoms with Gasteiger partial charge in [0.15, 0.2) is 0 Å². The largest absolute Gasteiger partial charge is 0.375 e. The van der Waals surface area contributed by atoms with E-state index >= 15 is 0 Å². The molecule has 2 aromatic carbocycles. The van der Waals surface area contributed by atoms with Gasteiger partial charge in [-0.2, -0.15) is 5.10 Å². The van der Waals surface area contributed by atoms with Gasteiger partial charge < -0.3 is 9.79 Å². The van der Waals surface area contributed by atoms with Gasteiger partial charge in [0.25, 0.3) is 5.56 Å². The van der Waals surface area contributed by atoms with Crippen LogP contribution in [0.3, 0.4) is 0 Å². The van der Waals surface area contributed by atoms with Crippen molar-refractivity contribution in [3.05, 3.63) is 69.9 Å². The number of halogens is 1. The lowest BCUT2D eigenvalue weighted by Gasteiger charge is -2.41. The molecule has 0 unspecified atom stereocenters. The quantitative estimate of drug-likeness (QED) is 0.644. The Kier molecular flexibility index (Phi) is 5.52. The highest BCUT2D eigenvalue weighted by Gasteiger charge is 2.35. The minimum absolute atomic E-state index is 0.221. The second kappa shape index (κ2) is 7.94. The molecule has 0 spiro atoms. The zero-order valence-corrected chi connectivity index (χ0v) is 17.6. The summed E-state index contributed by atoms with van der Waals surface area (Å²) >= 11 is 0. The Hall–Kier alpha value is -2.14. The molecule has 5 nitrogen and oxygen atoms in total. The standard InChI is InChI=1S/C22H26FN3O2P/c1-15(2)26-9-11-29(28,12-10-26)21-14-16(7-8-19(21)23)13-20-17-5-3-4-6-18(17)22(27)25-24-20/h3-8,14-15,28H,9-13H2,1-2H3,(H,25,27). The molecule has 1 radical (unpaired) electrons. The van der Waals surface area contributed by atoms with Crippen molar-refractivity contribution >= 4 is 23.6 Å². The third-order valence-corrected chi connectivity index (χ3v) is 8.97. The molecule has 4 rings (SSSR count). The number of hydrogen-bond acceptors (Lipinski definition) is 4. The van der Waals surface area contributed by atoms with Crippen molar-refractivity contribution in [2.75, 3.05) is 25.4 Å². The fraction of sp³-hybridized carbons (Fsp3) is 0.364. The van der Waals surface area contributed by atoms with Crippen LogP contribution in [0.25, 0.3) is 10.8 Å². The summed E-state index contributed by atoms with van der Waals surface area (Å²) in [5, 5.41) is 8.62. The van der Waals surface area contributed by atoms with E-state index in [-0.39, 0.29) is 11.4 Å². The molecule has 1 saturated heterocycles. The lowest BCUT2D eigenvalue weighted by atomic mass is 10.0. The first-order valence-corrected chi connectivity index (χ1v) is 12.1. The average Bonchev–Trinajstić information content (AvgIpc) is 2.72. The molecule has 0 saturated carbocycles. The van der Waals surface area contributed by atoms with Crippen LogP contribution in [-0.4, -0.2) is 51.4 Å². The molecule has 29 heavy (non-hydrogen) atoms. The van der Waals surface area contributed by atoms with Crippen LogP contribution in [0.2, 0.25) is 0 Å². The number of aromatic nitrogens is 2. The summed E-state index contributed by atoms with van der Waals surface area (Å²) < 4.78 is 14.7. The van der Waals surface area contributed by atoms with Crippen LogP contribution in [-0.2, 0) is 6.42 Å². The van der Waals surface area contributed by atoms with E-state index < -0.39 is 7.49 Å². The van der Waals surface area contributed by atoms with Gasteiger partial charge in [-0.05, 0) is 37.6 Å². The Morgan fingerprint density at radius 1 is 1.17 bits per heavy atom. The summed E-state index contributed by atoms with van der Waals surface area (Å²) in [6.45, 7) is 5.87. The van der Waals surface area contributed by atoms with Crippen LogP contribution >= 0.6 is 7.49 Å². The van der Waals surface area contributed by atoms with Gasteiger partial charge in [-0.15, -0.1) is 0 Å². The fourth-order valence-corrected chi connectivity index (χ4v) is 6.81. The van der Waals surface area contributed by atoms with E-state index in [4.69, 9.17) is 0 Å². The first-order valence-electron chi connectivity index (χ1n) is 9.96. The Morgan fingerprint density at radius 3 is 2.55 bits per heavy atom. The van der Waals surface area contributed by atoms with Gasteiger partial charge in [0.2, 0.25) is 0 Å². The van der Waals surface area contributed by atoms with Gasteiger partial charge >= 0.3 is 0 Å². The van der Waals surface area contributed by atoms with Gasteiger partial charge in [-0.25, -0.2) is 9.49 Å². The predicted octanol–water partition coefficient (Wildman–Crippen LogP) is 2.93. The molecule has 1 aromatic heterocycles. The summed E-state index contributed by atoms with van der Waals surface area (Å²) in [6.07, 6.45) is 1.69. The minimum Gasteiger partial charge on any atom is -0.375 e. The molecule has 2 N–H and O–H groups in total. The molecule has 0 bridgehead atoms. The number of nitrogens with one attached hydrogen (secondary N) is 1. The van der Waals surface area contributed by atoms with Crippen molar-refractivity contribution in [1.82, 2.24) is 15.1 Å². The van der Waals surface area contributed by atoms with Crippen molar-refractivity contribution in [2.45, 2.75) is 26.3 Å². The number of rotatable bonds is 4. The predicted molar refractivity (Wildman–Crippen MR) is 117 cm³/mol. The van der Waals surface area contributed by atoms with Gasteiger partial charge in [0.1, 0.15) is 5.82 Å². The maximum Gasteiger partial charge on any atom is 0.272 e. The van der Waals surface area contributed by atoms with Crippen LogP contribution in [0.5, 0.6) is 0 Å². The summed E-state index contributed by atoms with van der Waals surface area (Å²) in [4.78, 5) is 25.6. The molecular formula is C22H26FN3O2P. The van der Waals surface area contributed by atoms with Crippen LogP contribution < -0.4 is 10.9 Å². The van der Waals surface area contributed by atoms with E-state index in [0.717, 1.165) is 29.7 Å². The Labute approximate surface area is 170 Å². The molecule has 0 amide bonds. The lowest BCUT2D eigenvalue weighted by molar-refractivity contribution is 0.238. The van der Waals surface area contributed by atoms with Gasteiger partial charge in [-0.1, -0.05) is 24.3 Å². The van der Waals surface area contributed by atoms with E-state index in [0.29, 0.717) is 35.5 Å². The van der Waals surface area contributed by atoms with Crippen LogP contribution in [0.1, 0.15) is 25.1 Å². The number of hydrogen-bond donors (Lipinski definition) is 2. The van der Waals surface area contributed by atoms with E-state index in [1.165, 1.54) is 6.07 Å².